The molecule has 2 aromatic heterocycles. The molecule has 1 aromatic carbocycles. The van der Waals surface area contributed by atoms with Gasteiger partial charge in [0, 0.05) is 5.02 Å². The Bertz CT molecular complexity index is 633. The molecule has 0 N–H and O–H groups in total. The van der Waals surface area contributed by atoms with Gasteiger partial charge in [0.2, 0.25) is 0 Å². The number of nitrogens with zero attached hydrogens (tertiary/aromatic N) is 1. The summed E-state index contributed by atoms with van der Waals surface area (Å²) in [7, 11) is 0. The zero-order chi connectivity index (χ0) is 11.7. The molecule has 0 aliphatic rings. The van der Waals surface area contributed by atoms with Crippen LogP contribution in [0.25, 0.3) is 11.1 Å². The maximum Gasteiger partial charge on any atom is 0.257 e. The summed E-state index contributed by atoms with van der Waals surface area (Å²) in [5, 5.41) is 1.28. The van der Waals surface area contributed by atoms with E-state index < -0.39 is 0 Å². The minimum absolute atomic E-state index is 0.624. The fourth-order valence-corrected chi connectivity index (χ4v) is 2.38. The topological polar surface area (TPSA) is 39.2 Å². The third-order valence-corrected chi connectivity index (χ3v) is 3.33. The molecule has 3 nitrogen and oxygen atoms in total. The Morgan fingerprint density at radius 1 is 1.29 bits per heavy atom. The summed E-state index contributed by atoms with van der Waals surface area (Å²) in [6.07, 6.45) is 1.65. The zero-order valence-corrected chi connectivity index (χ0v) is 10.3. The molecule has 0 bridgehead atoms. The predicted octanol–water partition coefficient (Wildman–Crippen LogP) is 4.37. The lowest BCUT2D eigenvalue weighted by atomic mass is 10.3. The maximum atomic E-state index is 5.88. The smallest absolute Gasteiger partial charge is 0.257 e. The highest BCUT2D eigenvalue weighted by molar-refractivity contribution is 7.98. The number of fused-ring (bicyclic) bond motifs is 1. The van der Waals surface area contributed by atoms with E-state index in [1.54, 1.807) is 18.4 Å². The van der Waals surface area contributed by atoms with Gasteiger partial charge in [-0.15, -0.1) is 0 Å². The lowest BCUT2D eigenvalue weighted by Crippen LogP contribution is -1.75. The van der Waals surface area contributed by atoms with Crippen molar-refractivity contribution in [3.63, 3.8) is 0 Å². The van der Waals surface area contributed by atoms with Gasteiger partial charge in [0.05, 0.1) is 12.0 Å². The fraction of sp³-hybridized carbons (Fsp3) is 0.0833. The Labute approximate surface area is 107 Å². The van der Waals surface area contributed by atoms with Gasteiger partial charge in [0.25, 0.3) is 5.22 Å². The minimum Gasteiger partial charge on any atom is -0.468 e. The van der Waals surface area contributed by atoms with Gasteiger partial charge in [-0.2, -0.15) is 0 Å². The molecule has 0 radical (unpaired) electrons. The van der Waals surface area contributed by atoms with E-state index in [1.165, 1.54) is 11.8 Å². The van der Waals surface area contributed by atoms with Crippen LogP contribution in [0.15, 0.2) is 50.7 Å². The number of halogens is 1. The number of thioether (sulfide) groups is 1. The van der Waals surface area contributed by atoms with Gasteiger partial charge in [0.15, 0.2) is 5.58 Å². The van der Waals surface area contributed by atoms with E-state index in [4.69, 9.17) is 20.4 Å². The molecule has 0 aliphatic heterocycles. The van der Waals surface area contributed by atoms with Crippen molar-refractivity contribution in [2.75, 3.05) is 0 Å². The molecule has 0 spiro atoms. The quantitative estimate of drug-likeness (QED) is 0.660. The van der Waals surface area contributed by atoms with Crippen LogP contribution >= 0.6 is 23.4 Å². The molecular weight excluding hydrogens is 258 g/mol. The van der Waals surface area contributed by atoms with Gasteiger partial charge in [-0.3, -0.25) is 0 Å². The molecule has 5 heteroatoms. The van der Waals surface area contributed by atoms with E-state index >= 15 is 0 Å². The summed E-state index contributed by atoms with van der Waals surface area (Å²) in [4.78, 5) is 4.34. The highest BCUT2D eigenvalue weighted by Crippen LogP contribution is 2.27. The van der Waals surface area contributed by atoms with Crippen LogP contribution in [-0.2, 0) is 5.75 Å². The molecule has 0 atom stereocenters. The predicted molar refractivity (Wildman–Crippen MR) is 67.3 cm³/mol. The molecular formula is C12H8ClNO2S. The third kappa shape index (κ3) is 2.33. The molecule has 86 valence electrons. The number of benzene rings is 1. The number of aromatic nitrogens is 1. The van der Waals surface area contributed by atoms with Crippen LogP contribution in [0, 0.1) is 0 Å². The van der Waals surface area contributed by atoms with E-state index in [0.717, 1.165) is 16.9 Å². The van der Waals surface area contributed by atoms with Gasteiger partial charge in [0.1, 0.15) is 11.3 Å². The summed E-state index contributed by atoms with van der Waals surface area (Å²) in [5.74, 6) is 1.60. The number of furan rings is 1. The lowest BCUT2D eigenvalue weighted by molar-refractivity contribution is 0.487. The van der Waals surface area contributed by atoms with E-state index in [-0.39, 0.29) is 0 Å². The van der Waals surface area contributed by atoms with Crippen molar-refractivity contribution in [1.82, 2.24) is 4.98 Å². The standard InChI is InChI=1S/C12H8ClNO2S/c13-8-3-4-11-10(6-8)14-12(16-11)17-7-9-2-1-5-15-9/h1-6H,7H2. The van der Waals surface area contributed by atoms with E-state index in [0.29, 0.717) is 16.0 Å². The Hall–Kier alpha value is -1.39. The first-order valence-electron chi connectivity index (χ1n) is 5.02. The van der Waals surface area contributed by atoms with E-state index in [9.17, 15) is 0 Å². The average molecular weight is 266 g/mol. The van der Waals surface area contributed by atoms with Crippen molar-refractivity contribution in [3.8, 4) is 0 Å². The summed E-state index contributed by atoms with van der Waals surface area (Å²) < 4.78 is 10.8. The van der Waals surface area contributed by atoms with E-state index in [2.05, 4.69) is 4.98 Å². The van der Waals surface area contributed by atoms with Crippen LogP contribution in [0.2, 0.25) is 5.02 Å². The van der Waals surface area contributed by atoms with Gasteiger partial charge in [-0.05, 0) is 30.3 Å². The normalized spacial score (nSPS) is 11.1. The second-order valence-electron chi connectivity index (χ2n) is 3.46. The molecule has 0 unspecified atom stereocenters. The first-order valence-corrected chi connectivity index (χ1v) is 6.39. The largest absolute Gasteiger partial charge is 0.468 e. The van der Waals surface area contributed by atoms with Crippen LogP contribution in [0.3, 0.4) is 0 Å². The van der Waals surface area contributed by atoms with Crippen LogP contribution < -0.4 is 0 Å². The fourth-order valence-electron chi connectivity index (χ4n) is 1.47. The lowest BCUT2D eigenvalue weighted by Gasteiger charge is -1.91. The Morgan fingerprint density at radius 3 is 3.06 bits per heavy atom. The summed E-state index contributed by atoms with van der Waals surface area (Å²) >= 11 is 7.38. The van der Waals surface area contributed by atoms with Crippen molar-refractivity contribution in [2.24, 2.45) is 0 Å². The Kier molecular flexibility index (Phi) is 2.82. The Morgan fingerprint density at radius 2 is 2.24 bits per heavy atom. The molecule has 0 fully saturated rings. The first kappa shape index (κ1) is 10.7. The third-order valence-electron chi connectivity index (χ3n) is 2.25. The number of hydrogen-bond donors (Lipinski definition) is 0. The molecule has 0 amide bonds. The highest BCUT2D eigenvalue weighted by Gasteiger charge is 2.07. The van der Waals surface area contributed by atoms with Gasteiger partial charge < -0.3 is 8.83 Å². The molecule has 0 saturated carbocycles. The molecule has 0 saturated heterocycles. The first-order chi connectivity index (χ1) is 8.31. The van der Waals surface area contributed by atoms with Crippen molar-refractivity contribution in [3.05, 3.63) is 47.4 Å². The zero-order valence-electron chi connectivity index (χ0n) is 8.72. The van der Waals surface area contributed by atoms with Gasteiger partial charge >= 0.3 is 0 Å². The van der Waals surface area contributed by atoms with Crippen molar-refractivity contribution in [1.29, 1.82) is 0 Å². The van der Waals surface area contributed by atoms with Crippen LogP contribution in [0.4, 0.5) is 0 Å². The number of hydrogen-bond acceptors (Lipinski definition) is 4. The second-order valence-corrected chi connectivity index (χ2v) is 4.82. The van der Waals surface area contributed by atoms with Crippen molar-refractivity contribution < 1.29 is 8.83 Å². The van der Waals surface area contributed by atoms with Crippen molar-refractivity contribution in [2.45, 2.75) is 11.0 Å². The van der Waals surface area contributed by atoms with Gasteiger partial charge in [-0.25, -0.2) is 4.98 Å². The van der Waals surface area contributed by atoms with Crippen LogP contribution in [0.1, 0.15) is 5.76 Å². The monoisotopic (exact) mass is 265 g/mol. The number of rotatable bonds is 3. The molecule has 3 aromatic rings. The van der Waals surface area contributed by atoms with Crippen LogP contribution in [0.5, 0.6) is 0 Å². The summed E-state index contributed by atoms with van der Waals surface area (Å²) in [6.45, 7) is 0. The summed E-state index contributed by atoms with van der Waals surface area (Å²) in [5.41, 5.74) is 1.52. The Balaban J connectivity index is 1.81. The summed E-state index contributed by atoms with van der Waals surface area (Å²) in [6, 6.07) is 9.18. The SMILES string of the molecule is Clc1ccc2oc(SCc3ccco3)nc2c1. The van der Waals surface area contributed by atoms with Crippen molar-refractivity contribution >= 4 is 34.5 Å². The van der Waals surface area contributed by atoms with Gasteiger partial charge in [-0.1, -0.05) is 23.4 Å². The molecule has 2 heterocycles. The molecule has 0 aliphatic carbocycles. The second kappa shape index (κ2) is 4.47. The highest BCUT2D eigenvalue weighted by atomic mass is 35.5. The van der Waals surface area contributed by atoms with E-state index in [1.807, 2.05) is 18.2 Å². The minimum atomic E-state index is 0.624. The molecule has 3 rings (SSSR count). The number of oxazole rings is 1. The van der Waals surface area contributed by atoms with Crippen LogP contribution in [-0.4, -0.2) is 4.98 Å². The molecule has 17 heavy (non-hydrogen) atoms. The average Bonchev–Trinajstić information content (AvgIpc) is 2.94. The maximum absolute atomic E-state index is 5.88.